The Balaban J connectivity index is 0. The Labute approximate surface area is 110 Å². The number of nitrogens with two attached hydrogens (primary N) is 1. The van der Waals surface area contributed by atoms with E-state index in [2.05, 4.69) is 5.32 Å². The van der Waals surface area contributed by atoms with Gasteiger partial charge in [-0.25, -0.2) is 0 Å². The summed E-state index contributed by atoms with van der Waals surface area (Å²) in [6.07, 6.45) is 0.792. The van der Waals surface area contributed by atoms with Gasteiger partial charge < -0.3 is 20.5 Å². The van der Waals surface area contributed by atoms with E-state index in [1.165, 1.54) is 0 Å². The maximum Gasteiger partial charge on any atom is 0.237 e. The van der Waals surface area contributed by atoms with Crippen molar-refractivity contribution < 1.29 is 14.3 Å². The van der Waals surface area contributed by atoms with Crippen LogP contribution in [0.1, 0.15) is 20.3 Å². The minimum absolute atomic E-state index is 0. The summed E-state index contributed by atoms with van der Waals surface area (Å²) in [5, 5.41) is 2.78. The smallest absolute Gasteiger partial charge is 0.237 e. The van der Waals surface area contributed by atoms with Crippen LogP contribution in [-0.4, -0.2) is 45.4 Å². The Morgan fingerprint density at radius 1 is 1.29 bits per heavy atom. The molecule has 5 nitrogen and oxygen atoms in total. The molecule has 6 heteroatoms. The molecular formula is C11H25ClN2O3. The van der Waals surface area contributed by atoms with Gasteiger partial charge in [0.2, 0.25) is 5.91 Å². The van der Waals surface area contributed by atoms with E-state index in [0.29, 0.717) is 26.4 Å². The van der Waals surface area contributed by atoms with Crippen molar-refractivity contribution in [3.05, 3.63) is 0 Å². The summed E-state index contributed by atoms with van der Waals surface area (Å²) in [6, 6.07) is -0.422. The summed E-state index contributed by atoms with van der Waals surface area (Å²) in [5.41, 5.74) is 5.68. The quantitative estimate of drug-likeness (QED) is 0.600. The molecule has 0 aliphatic carbocycles. The van der Waals surface area contributed by atoms with Crippen molar-refractivity contribution in [2.75, 3.05) is 33.5 Å². The lowest BCUT2D eigenvalue weighted by Gasteiger charge is -2.15. The molecule has 0 aromatic rings. The van der Waals surface area contributed by atoms with E-state index in [1.807, 2.05) is 13.8 Å². The van der Waals surface area contributed by atoms with E-state index in [1.54, 1.807) is 7.11 Å². The third-order valence-corrected chi connectivity index (χ3v) is 2.22. The van der Waals surface area contributed by atoms with E-state index in [4.69, 9.17) is 15.2 Å². The van der Waals surface area contributed by atoms with E-state index >= 15 is 0 Å². The lowest BCUT2D eigenvalue weighted by Crippen LogP contribution is -2.44. The maximum atomic E-state index is 11.4. The summed E-state index contributed by atoms with van der Waals surface area (Å²) in [5.74, 6) is 0.0739. The van der Waals surface area contributed by atoms with Crippen molar-refractivity contribution in [3.63, 3.8) is 0 Å². The SMILES string of the molecule is COCCOCCCNC(=O)[C@@H](N)C(C)C.Cl. The normalized spacial score (nSPS) is 12.1. The first kappa shape index (κ1) is 19.0. The summed E-state index contributed by atoms with van der Waals surface area (Å²) < 4.78 is 10.1. The van der Waals surface area contributed by atoms with Crippen molar-refractivity contribution >= 4 is 18.3 Å². The van der Waals surface area contributed by atoms with Gasteiger partial charge in [0.1, 0.15) is 0 Å². The van der Waals surface area contributed by atoms with Gasteiger partial charge in [-0.05, 0) is 12.3 Å². The van der Waals surface area contributed by atoms with Gasteiger partial charge in [-0.15, -0.1) is 12.4 Å². The molecule has 0 spiro atoms. The van der Waals surface area contributed by atoms with Gasteiger partial charge in [-0.3, -0.25) is 4.79 Å². The van der Waals surface area contributed by atoms with Crippen molar-refractivity contribution in [2.45, 2.75) is 26.3 Å². The number of methoxy groups -OCH3 is 1. The molecule has 0 bridgehead atoms. The number of amides is 1. The summed E-state index contributed by atoms with van der Waals surface area (Å²) in [6.45, 7) is 6.28. The van der Waals surface area contributed by atoms with Crippen LogP contribution < -0.4 is 11.1 Å². The first-order valence-corrected chi connectivity index (χ1v) is 5.69. The minimum atomic E-state index is -0.422. The van der Waals surface area contributed by atoms with Gasteiger partial charge in [0.25, 0.3) is 0 Å². The van der Waals surface area contributed by atoms with Gasteiger partial charge in [0, 0.05) is 20.3 Å². The highest BCUT2D eigenvalue weighted by atomic mass is 35.5. The first-order valence-electron chi connectivity index (χ1n) is 5.69. The van der Waals surface area contributed by atoms with Crippen LogP contribution in [0.3, 0.4) is 0 Å². The molecule has 3 N–H and O–H groups in total. The molecule has 0 aliphatic rings. The predicted molar refractivity (Wildman–Crippen MR) is 70.4 cm³/mol. The van der Waals surface area contributed by atoms with E-state index in [-0.39, 0.29) is 24.2 Å². The molecule has 0 rings (SSSR count). The molecule has 0 saturated heterocycles. The first-order chi connectivity index (χ1) is 7.59. The average Bonchev–Trinajstić information content (AvgIpc) is 2.26. The molecule has 0 aliphatic heterocycles. The molecular weight excluding hydrogens is 244 g/mol. The standard InChI is InChI=1S/C11H24N2O3.ClH/c1-9(2)10(12)11(14)13-5-4-6-16-8-7-15-3;/h9-10H,4-8,12H2,1-3H3,(H,13,14);1H/t10-;/m0./s1. The summed E-state index contributed by atoms with van der Waals surface area (Å²) in [7, 11) is 1.64. The van der Waals surface area contributed by atoms with Gasteiger partial charge in [-0.1, -0.05) is 13.8 Å². The second kappa shape index (κ2) is 12.1. The topological polar surface area (TPSA) is 73.6 Å². The van der Waals surface area contributed by atoms with E-state index < -0.39 is 6.04 Å². The minimum Gasteiger partial charge on any atom is -0.382 e. The Kier molecular flexibility index (Phi) is 13.5. The van der Waals surface area contributed by atoms with Crippen molar-refractivity contribution in [2.24, 2.45) is 11.7 Å². The molecule has 0 unspecified atom stereocenters. The Hall–Kier alpha value is -0.360. The van der Waals surface area contributed by atoms with E-state index in [0.717, 1.165) is 6.42 Å². The van der Waals surface area contributed by atoms with Crippen LogP contribution >= 0.6 is 12.4 Å². The largest absolute Gasteiger partial charge is 0.382 e. The van der Waals surface area contributed by atoms with Gasteiger partial charge in [-0.2, -0.15) is 0 Å². The lowest BCUT2D eigenvalue weighted by atomic mass is 10.1. The molecule has 0 radical (unpaired) electrons. The van der Waals surface area contributed by atoms with Crippen LogP contribution in [0.4, 0.5) is 0 Å². The van der Waals surface area contributed by atoms with Crippen LogP contribution in [0.25, 0.3) is 0 Å². The summed E-state index contributed by atoms with van der Waals surface area (Å²) in [4.78, 5) is 11.4. The Bertz CT molecular complexity index is 192. The molecule has 0 aromatic carbocycles. The number of rotatable bonds is 9. The number of carbonyl (C=O) groups excluding carboxylic acids is 1. The molecule has 1 atom stereocenters. The van der Waals surface area contributed by atoms with Gasteiger partial charge in [0.15, 0.2) is 0 Å². The van der Waals surface area contributed by atoms with E-state index in [9.17, 15) is 4.79 Å². The highest BCUT2D eigenvalue weighted by Gasteiger charge is 2.15. The second-order valence-corrected chi connectivity index (χ2v) is 4.02. The van der Waals surface area contributed by atoms with Gasteiger partial charge in [0.05, 0.1) is 19.3 Å². The number of hydrogen-bond donors (Lipinski definition) is 2. The zero-order valence-electron chi connectivity index (χ0n) is 10.9. The fraction of sp³-hybridized carbons (Fsp3) is 0.909. The highest BCUT2D eigenvalue weighted by Crippen LogP contribution is 1.97. The zero-order valence-corrected chi connectivity index (χ0v) is 11.7. The molecule has 17 heavy (non-hydrogen) atoms. The Morgan fingerprint density at radius 2 is 1.94 bits per heavy atom. The third-order valence-electron chi connectivity index (χ3n) is 2.22. The Morgan fingerprint density at radius 3 is 2.47 bits per heavy atom. The molecule has 0 fully saturated rings. The third kappa shape index (κ3) is 10.5. The number of nitrogens with one attached hydrogen (secondary N) is 1. The summed E-state index contributed by atoms with van der Waals surface area (Å²) >= 11 is 0. The van der Waals surface area contributed by atoms with Gasteiger partial charge >= 0.3 is 0 Å². The van der Waals surface area contributed by atoms with Crippen molar-refractivity contribution in [3.8, 4) is 0 Å². The molecule has 1 amide bonds. The second-order valence-electron chi connectivity index (χ2n) is 4.02. The number of ether oxygens (including phenoxy) is 2. The van der Waals surface area contributed by atoms with Crippen LogP contribution in [0.15, 0.2) is 0 Å². The van der Waals surface area contributed by atoms with Crippen LogP contribution in [-0.2, 0) is 14.3 Å². The van der Waals surface area contributed by atoms with Crippen LogP contribution in [0.5, 0.6) is 0 Å². The number of hydrogen-bond acceptors (Lipinski definition) is 4. The fourth-order valence-corrected chi connectivity index (χ4v) is 1.05. The monoisotopic (exact) mass is 268 g/mol. The maximum absolute atomic E-state index is 11.4. The van der Waals surface area contributed by atoms with Crippen LogP contribution in [0.2, 0.25) is 0 Å². The molecule has 0 heterocycles. The molecule has 0 aromatic heterocycles. The lowest BCUT2D eigenvalue weighted by molar-refractivity contribution is -0.123. The zero-order chi connectivity index (χ0) is 12.4. The molecule has 104 valence electrons. The number of halogens is 1. The average molecular weight is 269 g/mol. The predicted octanol–water partition coefficient (Wildman–Crippen LogP) is 0.561. The fourth-order valence-electron chi connectivity index (χ4n) is 1.05. The number of carbonyl (C=O) groups is 1. The van der Waals surface area contributed by atoms with Crippen molar-refractivity contribution in [1.29, 1.82) is 0 Å². The van der Waals surface area contributed by atoms with Crippen LogP contribution in [0, 0.1) is 5.92 Å². The highest BCUT2D eigenvalue weighted by molar-refractivity contribution is 5.85. The molecule has 0 saturated carbocycles. The van der Waals surface area contributed by atoms with Crippen molar-refractivity contribution in [1.82, 2.24) is 5.32 Å².